The summed E-state index contributed by atoms with van der Waals surface area (Å²) in [5.74, 6) is -0.557. The molecule has 2 aliphatic heterocycles. The molecule has 2 fully saturated rings. The number of carbonyl (C=O) groups excluding carboxylic acids is 4. The summed E-state index contributed by atoms with van der Waals surface area (Å²) < 4.78 is 5.70. The lowest BCUT2D eigenvalue weighted by Crippen LogP contribution is -2.47. The van der Waals surface area contributed by atoms with Crippen LogP contribution in [0.1, 0.15) is 46.7 Å². The second-order valence-electron chi connectivity index (χ2n) is 11.9. The first-order valence-corrected chi connectivity index (χ1v) is 14.8. The third kappa shape index (κ3) is 5.41. The van der Waals surface area contributed by atoms with Gasteiger partial charge in [-0.05, 0) is 61.3 Å². The molecule has 0 bridgehead atoms. The van der Waals surface area contributed by atoms with Crippen LogP contribution in [0.4, 0.5) is 10.5 Å². The maximum absolute atomic E-state index is 13.6. The van der Waals surface area contributed by atoms with Crippen molar-refractivity contribution in [3.8, 4) is 11.1 Å². The first-order valence-electron chi connectivity index (χ1n) is 14.8. The van der Waals surface area contributed by atoms with Crippen molar-refractivity contribution in [1.82, 2.24) is 14.7 Å². The molecule has 1 aliphatic carbocycles. The van der Waals surface area contributed by atoms with Crippen molar-refractivity contribution in [2.45, 2.75) is 25.2 Å². The standard InChI is InChI=1S/C34H36N4O5/c1-36(2)19-20-38-30(39)21-34(32(38)41)15-17-37(18-16-34)31(40)27-13-7-8-14-29(27)35-33(42)43-22-28-25-11-5-3-9-23(25)24-10-4-6-12-26(24)28/h3-14,28H,15-22H2,1-2H3,(H,35,42). The summed E-state index contributed by atoms with van der Waals surface area (Å²) in [6.07, 6.45) is 0.432. The molecule has 6 rings (SSSR count). The van der Waals surface area contributed by atoms with Gasteiger partial charge in [-0.2, -0.15) is 0 Å². The van der Waals surface area contributed by atoms with E-state index in [1.165, 1.54) is 4.90 Å². The predicted octanol–water partition coefficient (Wildman–Crippen LogP) is 4.59. The number of anilines is 1. The highest BCUT2D eigenvalue weighted by Crippen LogP contribution is 2.45. The molecule has 2 saturated heterocycles. The number of para-hydroxylation sites is 1. The van der Waals surface area contributed by atoms with E-state index in [9.17, 15) is 19.2 Å². The van der Waals surface area contributed by atoms with Crippen LogP contribution in [-0.4, -0.2) is 85.4 Å². The number of piperidine rings is 1. The number of amides is 4. The van der Waals surface area contributed by atoms with Crippen LogP contribution in [-0.2, 0) is 14.3 Å². The van der Waals surface area contributed by atoms with Gasteiger partial charge in [0.2, 0.25) is 11.8 Å². The maximum Gasteiger partial charge on any atom is 0.411 e. The molecule has 3 aromatic rings. The van der Waals surface area contributed by atoms with E-state index in [0.29, 0.717) is 50.3 Å². The molecule has 9 heteroatoms. The van der Waals surface area contributed by atoms with Crippen LogP contribution in [0.2, 0.25) is 0 Å². The zero-order chi connectivity index (χ0) is 30.1. The van der Waals surface area contributed by atoms with Crippen LogP contribution in [0.25, 0.3) is 11.1 Å². The van der Waals surface area contributed by atoms with E-state index < -0.39 is 11.5 Å². The highest BCUT2D eigenvalue weighted by Gasteiger charge is 2.52. The number of likely N-dealkylation sites (tertiary alicyclic amines) is 2. The zero-order valence-electron chi connectivity index (χ0n) is 24.5. The summed E-state index contributed by atoms with van der Waals surface area (Å²) >= 11 is 0. The first-order chi connectivity index (χ1) is 20.8. The Morgan fingerprint density at radius 2 is 1.51 bits per heavy atom. The summed E-state index contributed by atoms with van der Waals surface area (Å²) in [4.78, 5) is 57.5. The molecule has 0 aromatic heterocycles. The van der Waals surface area contributed by atoms with Crippen LogP contribution >= 0.6 is 0 Å². The lowest BCUT2D eigenvalue weighted by Gasteiger charge is -2.37. The Morgan fingerprint density at radius 3 is 2.16 bits per heavy atom. The molecule has 9 nitrogen and oxygen atoms in total. The Morgan fingerprint density at radius 1 is 0.907 bits per heavy atom. The molecule has 43 heavy (non-hydrogen) atoms. The molecule has 222 valence electrons. The minimum absolute atomic E-state index is 0.0697. The van der Waals surface area contributed by atoms with Gasteiger partial charge in [0.25, 0.3) is 5.91 Å². The monoisotopic (exact) mass is 580 g/mol. The number of rotatable bonds is 7. The zero-order valence-corrected chi connectivity index (χ0v) is 24.5. The molecule has 3 aromatic carbocycles. The normalized spacial score (nSPS) is 17.4. The molecular weight excluding hydrogens is 544 g/mol. The molecule has 1 N–H and O–H groups in total. The van der Waals surface area contributed by atoms with E-state index in [2.05, 4.69) is 29.6 Å². The average Bonchev–Trinajstić information content (AvgIpc) is 3.45. The molecule has 3 aliphatic rings. The number of hydrogen-bond acceptors (Lipinski definition) is 6. The van der Waals surface area contributed by atoms with E-state index in [4.69, 9.17) is 4.74 Å². The fourth-order valence-corrected chi connectivity index (χ4v) is 6.61. The maximum atomic E-state index is 13.6. The molecular formula is C34H36N4O5. The van der Waals surface area contributed by atoms with Gasteiger partial charge in [0.15, 0.2) is 0 Å². The summed E-state index contributed by atoms with van der Waals surface area (Å²) in [5.41, 5.74) is 4.53. The smallest absolute Gasteiger partial charge is 0.411 e. The Kier molecular flexibility index (Phi) is 7.75. The SMILES string of the molecule is CN(C)CCN1C(=O)CC2(CCN(C(=O)c3ccccc3NC(=O)OCC3c4ccccc4-c4ccccc43)CC2)C1=O. The number of ether oxygens (including phenoxy) is 1. The summed E-state index contributed by atoms with van der Waals surface area (Å²) in [6.45, 7) is 1.88. The molecule has 0 radical (unpaired) electrons. The Labute approximate surface area is 251 Å². The van der Waals surface area contributed by atoms with Gasteiger partial charge in [-0.1, -0.05) is 60.7 Å². The average molecular weight is 581 g/mol. The third-order valence-electron chi connectivity index (χ3n) is 9.01. The highest BCUT2D eigenvalue weighted by atomic mass is 16.5. The minimum atomic E-state index is -0.737. The van der Waals surface area contributed by atoms with Crippen molar-refractivity contribution in [2.75, 3.05) is 52.2 Å². The Bertz CT molecular complexity index is 1530. The molecule has 0 saturated carbocycles. The van der Waals surface area contributed by atoms with Crippen LogP contribution in [0, 0.1) is 5.41 Å². The minimum Gasteiger partial charge on any atom is -0.448 e. The van der Waals surface area contributed by atoms with Gasteiger partial charge < -0.3 is 14.5 Å². The van der Waals surface area contributed by atoms with E-state index in [1.807, 2.05) is 43.3 Å². The summed E-state index contributed by atoms with van der Waals surface area (Å²) in [7, 11) is 3.82. The molecule has 0 unspecified atom stereocenters. The van der Waals surface area contributed by atoms with Crippen molar-refractivity contribution < 1.29 is 23.9 Å². The number of likely N-dealkylation sites (N-methyl/N-ethyl adjacent to an activating group) is 1. The number of hydrogen-bond donors (Lipinski definition) is 1. The molecule has 2 heterocycles. The molecule has 0 atom stereocenters. The lowest BCUT2D eigenvalue weighted by atomic mass is 9.77. The van der Waals surface area contributed by atoms with Crippen LogP contribution in [0.5, 0.6) is 0 Å². The topological polar surface area (TPSA) is 99.3 Å². The Hall–Kier alpha value is -4.50. The van der Waals surface area contributed by atoms with E-state index in [-0.39, 0.29) is 36.7 Å². The van der Waals surface area contributed by atoms with Crippen molar-refractivity contribution in [1.29, 1.82) is 0 Å². The Balaban J connectivity index is 1.09. The largest absolute Gasteiger partial charge is 0.448 e. The summed E-state index contributed by atoms with van der Waals surface area (Å²) in [6, 6.07) is 23.2. The second-order valence-corrected chi connectivity index (χ2v) is 11.9. The number of imide groups is 1. The van der Waals surface area contributed by atoms with Crippen molar-refractivity contribution in [2.24, 2.45) is 5.41 Å². The van der Waals surface area contributed by atoms with Gasteiger partial charge in [0.1, 0.15) is 6.61 Å². The summed E-state index contributed by atoms with van der Waals surface area (Å²) in [5, 5.41) is 2.77. The van der Waals surface area contributed by atoms with Crippen LogP contribution in [0.3, 0.4) is 0 Å². The second kappa shape index (κ2) is 11.6. The van der Waals surface area contributed by atoms with E-state index >= 15 is 0 Å². The van der Waals surface area contributed by atoms with E-state index in [0.717, 1.165) is 22.3 Å². The van der Waals surface area contributed by atoms with Crippen LogP contribution < -0.4 is 5.32 Å². The van der Waals surface area contributed by atoms with Gasteiger partial charge in [-0.3, -0.25) is 24.6 Å². The van der Waals surface area contributed by atoms with Gasteiger partial charge in [-0.15, -0.1) is 0 Å². The quantitative estimate of drug-likeness (QED) is 0.411. The van der Waals surface area contributed by atoms with Gasteiger partial charge in [0, 0.05) is 38.5 Å². The van der Waals surface area contributed by atoms with Crippen molar-refractivity contribution in [3.63, 3.8) is 0 Å². The van der Waals surface area contributed by atoms with Gasteiger partial charge >= 0.3 is 6.09 Å². The molecule has 4 amide bonds. The van der Waals surface area contributed by atoms with Gasteiger partial charge in [-0.25, -0.2) is 4.79 Å². The van der Waals surface area contributed by atoms with Crippen molar-refractivity contribution >= 4 is 29.5 Å². The van der Waals surface area contributed by atoms with Crippen molar-refractivity contribution in [3.05, 3.63) is 89.5 Å². The number of nitrogens with one attached hydrogen (secondary N) is 1. The predicted molar refractivity (Wildman–Crippen MR) is 163 cm³/mol. The number of benzene rings is 3. The third-order valence-corrected chi connectivity index (χ3v) is 9.01. The first kappa shape index (κ1) is 28.6. The van der Waals surface area contributed by atoms with E-state index in [1.54, 1.807) is 29.2 Å². The lowest BCUT2D eigenvalue weighted by molar-refractivity contribution is -0.142. The molecule has 1 spiro atoms. The fraction of sp³-hybridized carbons (Fsp3) is 0.353. The number of fused-ring (bicyclic) bond motifs is 3. The number of nitrogens with zero attached hydrogens (tertiary/aromatic N) is 3. The fourth-order valence-electron chi connectivity index (χ4n) is 6.61. The van der Waals surface area contributed by atoms with Crippen LogP contribution in [0.15, 0.2) is 72.8 Å². The van der Waals surface area contributed by atoms with Gasteiger partial charge in [0.05, 0.1) is 16.7 Å². The highest BCUT2D eigenvalue weighted by molar-refractivity contribution is 6.06. The number of carbonyl (C=O) groups is 4.